The van der Waals surface area contributed by atoms with Crippen LogP contribution in [-0.4, -0.2) is 27.3 Å². The van der Waals surface area contributed by atoms with Gasteiger partial charge < -0.3 is 10.1 Å². The molecule has 36 heavy (non-hydrogen) atoms. The van der Waals surface area contributed by atoms with Gasteiger partial charge in [0.1, 0.15) is 6.04 Å². The molecule has 1 aromatic heterocycles. The van der Waals surface area contributed by atoms with Crippen LogP contribution in [0.15, 0.2) is 95.3 Å². The zero-order valence-corrected chi connectivity index (χ0v) is 21.5. The Hall–Kier alpha value is -3.55. The van der Waals surface area contributed by atoms with Gasteiger partial charge >= 0.3 is 5.97 Å². The van der Waals surface area contributed by atoms with Crippen molar-refractivity contribution in [2.24, 2.45) is 0 Å². The summed E-state index contributed by atoms with van der Waals surface area (Å²) in [6.45, 7) is 3.94. The highest BCUT2D eigenvalue weighted by Gasteiger charge is 2.35. The van der Waals surface area contributed by atoms with E-state index in [1.165, 1.54) is 16.7 Å². The summed E-state index contributed by atoms with van der Waals surface area (Å²) < 4.78 is 7.12. The third-order valence-corrected chi connectivity index (χ3v) is 7.10. The first kappa shape index (κ1) is 24.2. The maximum absolute atomic E-state index is 12.9. The number of esters is 1. The lowest BCUT2D eigenvalue weighted by atomic mass is 9.96. The van der Waals surface area contributed by atoms with Crippen LogP contribution in [-0.2, 0) is 15.3 Å². The summed E-state index contributed by atoms with van der Waals surface area (Å²) in [6.07, 6.45) is 0. The van der Waals surface area contributed by atoms with Crippen LogP contribution < -0.4 is 5.32 Å². The minimum absolute atomic E-state index is 0.289. The zero-order valence-electron chi connectivity index (χ0n) is 19.9. The maximum Gasteiger partial charge on any atom is 0.338 e. The molecular formula is C28H25ClN4O2S. The Morgan fingerprint density at radius 3 is 2.42 bits per heavy atom. The number of hydrogen-bond donors (Lipinski definition) is 1. The highest BCUT2D eigenvalue weighted by atomic mass is 35.5. The minimum Gasteiger partial charge on any atom is -0.463 e. The number of aromatic nitrogens is 3. The van der Waals surface area contributed by atoms with Crippen molar-refractivity contribution < 1.29 is 9.53 Å². The molecule has 0 spiro atoms. The Kier molecular flexibility index (Phi) is 7.11. The highest BCUT2D eigenvalue weighted by Crippen LogP contribution is 2.37. The fourth-order valence-electron chi connectivity index (χ4n) is 4.19. The van der Waals surface area contributed by atoms with Gasteiger partial charge in [-0.1, -0.05) is 90.1 Å². The van der Waals surface area contributed by atoms with Crippen LogP contribution >= 0.6 is 23.4 Å². The van der Waals surface area contributed by atoms with Crippen molar-refractivity contribution in [2.45, 2.75) is 30.8 Å². The molecule has 3 aromatic carbocycles. The first-order valence-corrected chi connectivity index (χ1v) is 13.0. The van der Waals surface area contributed by atoms with Gasteiger partial charge in [-0.3, -0.25) is 0 Å². The summed E-state index contributed by atoms with van der Waals surface area (Å²) in [4.78, 5) is 17.6. The van der Waals surface area contributed by atoms with Gasteiger partial charge in [-0.05, 0) is 48.2 Å². The van der Waals surface area contributed by atoms with Crippen molar-refractivity contribution in [2.75, 3.05) is 11.9 Å². The number of anilines is 1. The quantitative estimate of drug-likeness (QED) is 0.216. The van der Waals surface area contributed by atoms with Crippen molar-refractivity contribution >= 4 is 35.3 Å². The Morgan fingerprint density at radius 2 is 1.72 bits per heavy atom. The molecule has 0 radical (unpaired) electrons. The van der Waals surface area contributed by atoms with Crippen molar-refractivity contribution in [3.8, 4) is 11.1 Å². The fourth-order valence-corrected chi connectivity index (χ4v) is 5.10. The van der Waals surface area contributed by atoms with Crippen molar-refractivity contribution in [1.29, 1.82) is 0 Å². The molecule has 0 bridgehead atoms. The van der Waals surface area contributed by atoms with Gasteiger partial charge in [-0.25, -0.2) is 9.48 Å². The van der Waals surface area contributed by atoms with E-state index >= 15 is 0 Å². The first-order valence-electron chi connectivity index (χ1n) is 11.7. The van der Waals surface area contributed by atoms with Gasteiger partial charge in [0.05, 0.1) is 12.2 Å². The van der Waals surface area contributed by atoms with Gasteiger partial charge in [0.25, 0.3) is 0 Å². The molecule has 1 unspecified atom stereocenters. The lowest BCUT2D eigenvalue weighted by Crippen LogP contribution is -2.29. The second-order valence-electron chi connectivity index (χ2n) is 8.35. The standard InChI is InChI=1S/C28H25ClN4O2S/c1-3-35-26(34)24-18(2)30-27-31-28(32-33(27)25(24)22-13-15-23(29)16-14-22)36-17-19-9-11-21(12-10-19)20-7-5-4-6-8-20/h4-16,25H,3,17H2,1-2H3,(H,30,31,32). The molecule has 182 valence electrons. The Labute approximate surface area is 219 Å². The molecule has 8 heteroatoms. The average Bonchev–Trinajstić information content (AvgIpc) is 3.30. The lowest BCUT2D eigenvalue weighted by molar-refractivity contribution is -0.139. The topological polar surface area (TPSA) is 69.0 Å². The second-order valence-corrected chi connectivity index (χ2v) is 9.73. The summed E-state index contributed by atoms with van der Waals surface area (Å²) in [7, 11) is 0. The SMILES string of the molecule is CCOC(=O)C1=C(C)Nc2nc(SCc3ccc(-c4ccccc4)cc3)nn2C1c1ccc(Cl)cc1. The van der Waals surface area contributed by atoms with Gasteiger partial charge in [0.15, 0.2) is 0 Å². The molecule has 0 fully saturated rings. The maximum atomic E-state index is 12.9. The van der Waals surface area contributed by atoms with E-state index in [-0.39, 0.29) is 12.6 Å². The van der Waals surface area contributed by atoms with E-state index in [9.17, 15) is 4.79 Å². The Morgan fingerprint density at radius 1 is 1.03 bits per heavy atom. The van der Waals surface area contributed by atoms with Crippen LogP contribution in [0.3, 0.4) is 0 Å². The number of halogens is 1. The van der Waals surface area contributed by atoms with E-state index in [4.69, 9.17) is 26.4 Å². The third kappa shape index (κ3) is 5.03. The number of nitrogens with one attached hydrogen (secondary N) is 1. The Bertz CT molecular complexity index is 1400. The molecule has 0 saturated heterocycles. The van der Waals surface area contributed by atoms with Gasteiger partial charge in [0.2, 0.25) is 11.1 Å². The molecule has 0 amide bonds. The average molecular weight is 517 g/mol. The Balaban J connectivity index is 1.39. The summed E-state index contributed by atoms with van der Waals surface area (Å²) in [5, 5.41) is 9.25. The molecule has 5 rings (SSSR count). The number of nitrogens with zero attached hydrogens (tertiary/aromatic N) is 3. The minimum atomic E-state index is -0.468. The number of rotatable bonds is 7. The molecule has 2 heterocycles. The predicted molar refractivity (Wildman–Crippen MR) is 144 cm³/mol. The van der Waals surface area contributed by atoms with E-state index in [0.717, 1.165) is 11.3 Å². The first-order chi connectivity index (χ1) is 17.5. The molecule has 1 atom stereocenters. The smallest absolute Gasteiger partial charge is 0.338 e. The predicted octanol–water partition coefficient (Wildman–Crippen LogP) is 6.74. The van der Waals surface area contributed by atoms with Crippen LogP contribution in [0.4, 0.5) is 5.95 Å². The largest absolute Gasteiger partial charge is 0.463 e. The van der Waals surface area contributed by atoms with E-state index in [2.05, 4.69) is 41.7 Å². The fraction of sp³-hybridized carbons (Fsp3) is 0.179. The lowest BCUT2D eigenvalue weighted by Gasteiger charge is -2.28. The van der Waals surface area contributed by atoms with E-state index in [0.29, 0.717) is 27.4 Å². The summed E-state index contributed by atoms with van der Waals surface area (Å²) in [6, 6.07) is 25.8. The second kappa shape index (κ2) is 10.6. The number of allylic oxidation sites excluding steroid dienone is 1. The van der Waals surface area contributed by atoms with E-state index < -0.39 is 6.04 Å². The van der Waals surface area contributed by atoms with E-state index in [1.54, 1.807) is 23.4 Å². The van der Waals surface area contributed by atoms with Gasteiger partial charge in [0, 0.05) is 16.5 Å². The van der Waals surface area contributed by atoms with Crippen molar-refractivity contribution in [1.82, 2.24) is 14.8 Å². The number of benzene rings is 3. The number of hydrogen-bond acceptors (Lipinski definition) is 6. The van der Waals surface area contributed by atoms with Crippen LogP contribution in [0, 0.1) is 0 Å². The van der Waals surface area contributed by atoms with Gasteiger partial charge in [-0.2, -0.15) is 4.98 Å². The summed E-state index contributed by atoms with van der Waals surface area (Å²) >= 11 is 7.67. The molecule has 0 saturated carbocycles. The van der Waals surface area contributed by atoms with Crippen LogP contribution in [0.25, 0.3) is 11.1 Å². The molecule has 0 aliphatic carbocycles. The number of ether oxygens (including phenoxy) is 1. The molecule has 4 aromatic rings. The number of thioether (sulfide) groups is 1. The molecular weight excluding hydrogens is 492 g/mol. The molecule has 1 aliphatic heterocycles. The van der Waals surface area contributed by atoms with Crippen LogP contribution in [0.2, 0.25) is 5.02 Å². The van der Waals surface area contributed by atoms with Gasteiger partial charge in [-0.15, -0.1) is 5.10 Å². The van der Waals surface area contributed by atoms with Crippen molar-refractivity contribution in [3.63, 3.8) is 0 Å². The zero-order chi connectivity index (χ0) is 25.1. The summed E-state index contributed by atoms with van der Waals surface area (Å²) in [5.74, 6) is 0.931. The van der Waals surface area contributed by atoms with Crippen LogP contribution in [0.5, 0.6) is 0 Å². The molecule has 1 aliphatic rings. The number of carbonyl (C=O) groups excluding carboxylic acids is 1. The van der Waals surface area contributed by atoms with Crippen LogP contribution in [0.1, 0.15) is 31.0 Å². The van der Waals surface area contributed by atoms with Crippen molar-refractivity contribution in [3.05, 3.63) is 106 Å². The number of carbonyl (C=O) groups is 1. The monoisotopic (exact) mass is 516 g/mol. The third-order valence-electron chi connectivity index (χ3n) is 5.94. The molecule has 1 N–H and O–H groups in total. The summed E-state index contributed by atoms with van der Waals surface area (Å²) in [5.41, 5.74) is 5.63. The normalized spacial score (nSPS) is 14.8. The highest BCUT2D eigenvalue weighted by molar-refractivity contribution is 7.98. The molecule has 6 nitrogen and oxygen atoms in total. The number of fused-ring (bicyclic) bond motifs is 1. The van der Waals surface area contributed by atoms with E-state index in [1.807, 2.05) is 49.4 Å².